The van der Waals surface area contributed by atoms with Crippen molar-refractivity contribution in [3.8, 4) is 11.1 Å². The third-order valence-corrected chi connectivity index (χ3v) is 7.77. The molecule has 4 rings (SSSR count). The topological polar surface area (TPSA) is 63.3 Å². The number of benzene rings is 2. The summed E-state index contributed by atoms with van der Waals surface area (Å²) in [5.41, 5.74) is 13.6. The molecule has 3 nitrogen and oxygen atoms in total. The Hall–Kier alpha value is -2.04. The maximum absolute atomic E-state index is 8.36. The van der Waals surface area contributed by atoms with Crippen LogP contribution in [0.5, 0.6) is 0 Å². The fourth-order valence-corrected chi connectivity index (χ4v) is 6.17. The van der Waals surface area contributed by atoms with Gasteiger partial charge in [-0.05, 0) is 63.8 Å². The van der Waals surface area contributed by atoms with E-state index in [1.54, 1.807) is 10.5 Å². The molecule has 1 aliphatic heterocycles. The summed E-state index contributed by atoms with van der Waals surface area (Å²) in [4.78, 5) is 10.0. The summed E-state index contributed by atoms with van der Waals surface area (Å²) in [5, 5.41) is 7.41. The number of thioether (sulfide) groups is 1. The Morgan fingerprint density at radius 1 is 1.17 bits per heavy atom. The van der Waals surface area contributed by atoms with Gasteiger partial charge in [0.15, 0.2) is 0 Å². The van der Waals surface area contributed by atoms with Crippen LogP contribution in [0.4, 0.5) is 0 Å². The first-order chi connectivity index (χ1) is 13.9. The lowest BCUT2D eigenvalue weighted by Gasteiger charge is -2.32. The monoisotopic (exact) mass is 409 g/mol. The van der Waals surface area contributed by atoms with Gasteiger partial charge in [-0.1, -0.05) is 68.8 Å². The largest absolute Gasteiger partial charge is 0.483 e. The average molecular weight is 410 g/mol. The SMILES string of the molecule is CC1C2=C(CCC(C)(C)C2)SC1c1ccc(-c2ccccc2)cc1CN.O=CO. The minimum absolute atomic E-state index is 0.250. The third kappa shape index (κ3) is 4.76. The zero-order chi connectivity index (χ0) is 21.0. The number of carbonyl (C=O) groups is 1. The molecule has 2 aromatic carbocycles. The van der Waals surface area contributed by atoms with Gasteiger partial charge in [-0.15, -0.1) is 11.8 Å². The second kappa shape index (κ2) is 9.19. The summed E-state index contributed by atoms with van der Waals surface area (Å²) < 4.78 is 0. The van der Waals surface area contributed by atoms with E-state index >= 15 is 0 Å². The van der Waals surface area contributed by atoms with Crippen molar-refractivity contribution >= 4 is 18.2 Å². The van der Waals surface area contributed by atoms with Crippen molar-refractivity contribution in [2.24, 2.45) is 17.1 Å². The van der Waals surface area contributed by atoms with Crippen LogP contribution in [0.15, 0.2) is 59.0 Å². The van der Waals surface area contributed by atoms with Gasteiger partial charge in [0.25, 0.3) is 6.47 Å². The standard InChI is InChI=1S/C24H29NS.CH2O2/c1-16-21-14-24(2,3)12-11-22(21)26-23(16)20-10-9-18(13-19(20)15-25)17-7-5-4-6-8-17;2-1-3/h4-10,13,16,23H,11-12,14-15,25H2,1-3H3;1H,(H,2,3). The van der Waals surface area contributed by atoms with E-state index < -0.39 is 0 Å². The molecule has 2 atom stereocenters. The van der Waals surface area contributed by atoms with E-state index in [2.05, 4.69) is 81.1 Å². The number of nitrogens with two attached hydrogens (primary N) is 1. The molecular formula is C25H31NO2S. The van der Waals surface area contributed by atoms with Crippen molar-refractivity contribution in [2.75, 3.05) is 0 Å². The summed E-state index contributed by atoms with van der Waals surface area (Å²) in [6.07, 6.45) is 3.83. The first kappa shape index (κ1) is 21.7. The van der Waals surface area contributed by atoms with Crippen molar-refractivity contribution in [1.82, 2.24) is 0 Å². The van der Waals surface area contributed by atoms with Crippen LogP contribution in [0.3, 0.4) is 0 Å². The van der Waals surface area contributed by atoms with Crippen LogP contribution >= 0.6 is 11.8 Å². The van der Waals surface area contributed by atoms with Crippen molar-refractivity contribution in [1.29, 1.82) is 0 Å². The van der Waals surface area contributed by atoms with Gasteiger partial charge in [0, 0.05) is 11.8 Å². The average Bonchev–Trinajstić information content (AvgIpc) is 3.03. The van der Waals surface area contributed by atoms with E-state index in [0.29, 0.717) is 23.1 Å². The Balaban J connectivity index is 0.000000755. The highest BCUT2D eigenvalue weighted by molar-refractivity contribution is 8.03. The zero-order valence-corrected chi connectivity index (χ0v) is 18.3. The predicted octanol–water partition coefficient (Wildman–Crippen LogP) is 6.40. The lowest BCUT2D eigenvalue weighted by atomic mass is 9.73. The van der Waals surface area contributed by atoms with Gasteiger partial charge in [-0.3, -0.25) is 4.79 Å². The number of rotatable bonds is 3. The lowest BCUT2D eigenvalue weighted by molar-refractivity contribution is -0.122. The first-order valence-electron chi connectivity index (χ1n) is 10.2. The molecule has 0 spiro atoms. The van der Waals surface area contributed by atoms with Crippen LogP contribution in [0.2, 0.25) is 0 Å². The Bertz CT molecular complexity index is 889. The number of allylic oxidation sites excluding steroid dienone is 2. The molecule has 1 aliphatic carbocycles. The molecule has 0 bridgehead atoms. The van der Waals surface area contributed by atoms with E-state index in [-0.39, 0.29) is 6.47 Å². The van der Waals surface area contributed by atoms with Crippen molar-refractivity contribution < 1.29 is 9.90 Å². The predicted molar refractivity (Wildman–Crippen MR) is 123 cm³/mol. The smallest absolute Gasteiger partial charge is 0.290 e. The number of hydrogen-bond acceptors (Lipinski definition) is 3. The Morgan fingerprint density at radius 2 is 1.86 bits per heavy atom. The number of hydrogen-bond donors (Lipinski definition) is 2. The second-order valence-corrected chi connectivity index (χ2v) is 9.94. The molecule has 0 saturated carbocycles. The normalized spacial score (nSPS) is 22.5. The van der Waals surface area contributed by atoms with Gasteiger partial charge in [0.2, 0.25) is 0 Å². The van der Waals surface area contributed by atoms with Crippen LogP contribution in [0.25, 0.3) is 11.1 Å². The summed E-state index contributed by atoms with van der Waals surface area (Å²) in [7, 11) is 0. The first-order valence-corrected chi connectivity index (χ1v) is 11.1. The minimum atomic E-state index is -0.250. The van der Waals surface area contributed by atoms with Gasteiger partial charge in [-0.2, -0.15) is 0 Å². The Kier molecular flexibility index (Phi) is 6.86. The van der Waals surface area contributed by atoms with E-state index in [9.17, 15) is 0 Å². The van der Waals surface area contributed by atoms with Gasteiger partial charge in [0.05, 0.1) is 0 Å². The van der Waals surface area contributed by atoms with E-state index in [4.69, 9.17) is 15.6 Å². The quantitative estimate of drug-likeness (QED) is 0.576. The Labute approximate surface area is 178 Å². The van der Waals surface area contributed by atoms with Gasteiger partial charge in [0.1, 0.15) is 0 Å². The van der Waals surface area contributed by atoms with Gasteiger partial charge >= 0.3 is 0 Å². The molecule has 0 amide bonds. The molecule has 0 radical (unpaired) electrons. The molecule has 2 aromatic rings. The summed E-state index contributed by atoms with van der Waals surface area (Å²) in [6.45, 7) is 7.62. The molecule has 3 N–H and O–H groups in total. The van der Waals surface area contributed by atoms with Crippen LogP contribution in [0, 0.1) is 11.3 Å². The van der Waals surface area contributed by atoms with E-state index in [1.807, 2.05) is 0 Å². The van der Waals surface area contributed by atoms with E-state index in [1.165, 1.54) is 41.5 Å². The molecule has 0 saturated heterocycles. The summed E-state index contributed by atoms with van der Waals surface area (Å²) in [6, 6.07) is 17.5. The molecule has 2 unspecified atom stereocenters. The Morgan fingerprint density at radius 3 is 2.52 bits per heavy atom. The molecule has 0 fully saturated rings. The number of carboxylic acid groups (broad SMARTS) is 1. The van der Waals surface area contributed by atoms with Gasteiger partial charge in [-0.25, -0.2) is 0 Å². The van der Waals surface area contributed by atoms with Crippen molar-refractivity contribution in [3.05, 3.63) is 70.1 Å². The molecule has 0 aromatic heterocycles. The summed E-state index contributed by atoms with van der Waals surface area (Å²) in [5.74, 6) is 0.613. The third-order valence-electron chi connectivity index (χ3n) is 6.11. The van der Waals surface area contributed by atoms with Crippen LogP contribution in [-0.2, 0) is 11.3 Å². The van der Waals surface area contributed by atoms with Gasteiger partial charge < -0.3 is 10.8 Å². The van der Waals surface area contributed by atoms with Crippen molar-refractivity contribution in [3.63, 3.8) is 0 Å². The maximum atomic E-state index is 8.36. The fraction of sp³-hybridized carbons (Fsp3) is 0.400. The molecule has 4 heteroatoms. The minimum Gasteiger partial charge on any atom is -0.483 e. The van der Waals surface area contributed by atoms with Crippen LogP contribution < -0.4 is 5.73 Å². The highest BCUT2D eigenvalue weighted by Gasteiger charge is 2.39. The van der Waals surface area contributed by atoms with Crippen LogP contribution in [-0.4, -0.2) is 11.6 Å². The molecule has 2 aliphatic rings. The maximum Gasteiger partial charge on any atom is 0.290 e. The molecule has 154 valence electrons. The second-order valence-electron chi connectivity index (χ2n) is 8.71. The zero-order valence-electron chi connectivity index (χ0n) is 17.5. The van der Waals surface area contributed by atoms with Crippen LogP contribution in [0.1, 0.15) is 56.4 Å². The fourth-order valence-electron chi connectivity index (χ4n) is 4.51. The molecule has 29 heavy (non-hydrogen) atoms. The highest BCUT2D eigenvalue weighted by atomic mass is 32.2. The molecular weight excluding hydrogens is 378 g/mol. The van der Waals surface area contributed by atoms with Crippen molar-refractivity contribution in [2.45, 2.75) is 51.8 Å². The summed E-state index contributed by atoms with van der Waals surface area (Å²) >= 11 is 2.11. The lowest BCUT2D eigenvalue weighted by Crippen LogP contribution is -2.19. The van der Waals surface area contributed by atoms with E-state index in [0.717, 1.165) is 0 Å². The highest BCUT2D eigenvalue weighted by Crippen LogP contribution is 2.59. The molecule has 1 heterocycles.